The zero-order valence-electron chi connectivity index (χ0n) is 12.5. The van der Waals surface area contributed by atoms with Crippen LogP contribution < -0.4 is 19.5 Å². The third kappa shape index (κ3) is 3.84. The van der Waals surface area contributed by atoms with E-state index in [0.717, 1.165) is 30.3 Å². The van der Waals surface area contributed by atoms with Gasteiger partial charge in [-0.25, -0.2) is 0 Å². The Kier molecular flexibility index (Phi) is 5.92. The molecule has 0 aliphatic carbocycles. The van der Waals surface area contributed by atoms with Gasteiger partial charge in [0.05, 0.1) is 6.61 Å². The fraction of sp³-hybridized carbons (Fsp3) is 0.294. The predicted molar refractivity (Wildman–Crippen MR) is 88.0 cm³/mol. The molecule has 0 unspecified atom stereocenters. The average Bonchev–Trinajstić information content (AvgIpc) is 2.97. The van der Waals surface area contributed by atoms with E-state index >= 15 is 0 Å². The molecule has 2 aromatic rings. The minimum absolute atomic E-state index is 0. The molecule has 1 heterocycles. The van der Waals surface area contributed by atoms with Gasteiger partial charge in [0.25, 0.3) is 0 Å². The normalized spacial score (nSPS) is 11.9. The number of para-hydroxylation sites is 1. The van der Waals surface area contributed by atoms with E-state index in [1.165, 1.54) is 11.1 Å². The molecular formula is C17H20ClNO3. The van der Waals surface area contributed by atoms with Crippen LogP contribution in [0, 0.1) is 0 Å². The van der Waals surface area contributed by atoms with Crippen molar-refractivity contribution in [3.8, 4) is 17.2 Å². The summed E-state index contributed by atoms with van der Waals surface area (Å²) in [6.45, 7) is 4.53. The van der Waals surface area contributed by atoms with Gasteiger partial charge < -0.3 is 19.5 Å². The first-order valence-electron chi connectivity index (χ1n) is 7.17. The van der Waals surface area contributed by atoms with Gasteiger partial charge in [-0.2, -0.15) is 0 Å². The number of hydrogen-bond acceptors (Lipinski definition) is 4. The molecule has 1 N–H and O–H groups in total. The predicted octanol–water partition coefficient (Wildman–Crippen LogP) is 3.53. The second-order valence-electron chi connectivity index (χ2n) is 4.83. The summed E-state index contributed by atoms with van der Waals surface area (Å²) < 4.78 is 16.3. The van der Waals surface area contributed by atoms with Crippen molar-refractivity contribution in [3.05, 3.63) is 53.6 Å². The van der Waals surface area contributed by atoms with Gasteiger partial charge >= 0.3 is 0 Å². The minimum atomic E-state index is 0. The molecule has 5 heteroatoms. The highest BCUT2D eigenvalue weighted by Gasteiger charge is 2.12. The zero-order chi connectivity index (χ0) is 14.5. The molecule has 0 fully saturated rings. The molecule has 22 heavy (non-hydrogen) atoms. The second kappa shape index (κ2) is 7.92. The fourth-order valence-corrected chi connectivity index (χ4v) is 2.34. The van der Waals surface area contributed by atoms with Gasteiger partial charge in [-0.3, -0.25) is 0 Å². The zero-order valence-corrected chi connectivity index (χ0v) is 13.3. The van der Waals surface area contributed by atoms with Crippen LogP contribution in [0.4, 0.5) is 0 Å². The molecule has 1 aliphatic heterocycles. The lowest BCUT2D eigenvalue weighted by molar-refractivity contribution is 0.174. The van der Waals surface area contributed by atoms with Gasteiger partial charge in [0.1, 0.15) is 5.75 Å². The Morgan fingerprint density at radius 3 is 2.73 bits per heavy atom. The van der Waals surface area contributed by atoms with Crippen LogP contribution >= 0.6 is 12.4 Å². The largest absolute Gasteiger partial charge is 0.494 e. The quantitative estimate of drug-likeness (QED) is 0.883. The number of benzene rings is 2. The van der Waals surface area contributed by atoms with Crippen molar-refractivity contribution >= 4 is 12.4 Å². The van der Waals surface area contributed by atoms with E-state index in [2.05, 4.69) is 17.4 Å². The molecule has 2 aromatic carbocycles. The highest BCUT2D eigenvalue weighted by Crippen LogP contribution is 2.32. The molecule has 0 radical (unpaired) electrons. The standard InChI is InChI=1S/C17H19NO3.ClH/c1-2-19-15-6-4-3-5-14(15)11-18-10-13-7-8-16-17(9-13)21-12-20-16;/h3-9,18H,2,10-12H2,1H3;1H. The summed E-state index contributed by atoms with van der Waals surface area (Å²) in [6.07, 6.45) is 0. The lowest BCUT2D eigenvalue weighted by Gasteiger charge is -2.11. The summed E-state index contributed by atoms with van der Waals surface area (Å²) in [5, 5.41) is 3.43. The summed E-state index contributed by atoms with van der Waals surface area (Å²) >= 11 is 0. The van der Waals surface area contributed by atoms with E-state index in [4.69, 9.17) is 14.2 Å². The van der Waals surface area contributed by atoms with Crippen LogP contribution in [0.3, 0.4) is 0 Å². The molecule has 0 spiro atoms. The SMILES string of the molecule is CCOc1ccccc1CNCc1ccc2c(c1)OCO2.Cl. The van der Waals surface area contributed by atoms with Gasteiger partial charge in [-0.05, 0) is 30.7 Å². The molecule has 118 valence electrons. The molecule has 0 amide bonds. The highest BCUT2D eigenvalue weighted by molar-refractivity contribution is 5.85. The number of ether oxygens (including phenoxy) is 3. The maximum atomic E-state index is 5.62. The first-order valence-corrected chi connectivity index (χ1v) is 7.17. The molecule has 4 nitrogen and oxygen atoms in total. The summed E-state index contributed by atoms with van der Waals surface area (Å²) in [6, 6.07) is 14.1. The van der Waals surface area contributed by atoms with Gasteiger partial charge in [0.15, 0.2) is 11.5 Å². The van der Waals surface area contributed by atoms with E-state index < -0.39 is 0 Å². The molecular weight excluding hydrogens is 302 g/mol. The summed E-state index contributed by atoms with van der Waals surface area (Å²) in [5.74, 6) is 2.59. The second-order valence-corrected chi connectivity index (χ2v) is 4.83. The van der Waals surface area contributed by atoms with Gasteiger partial charge in [0.2, 0.25) is 6.79 Å². The van der Waals surface area contributed by atoms with Crippen molar-refractivity contribution < 1.29 is 14.2 Å². The van der Waals surface area contributed by atoms with Gasteiger partial charge in [-0.1, -0.05) is 24.3 Å². The topological polar surface area (TPSA) is 39.7 Å². The lowest BCUT2D eigenvalue weighted by atomic mass is 10.1. The highest BCUT2D eigenvalue weighted by atomic mass is 35.5. The molecule has 0 saturated heterocycles. The van der Waals surface area contributed by atoms with Crippen LogP contribution in [0.1, 0.15) is 18.1 Å². The smallest absolute Gasteiger partial charge is 0.231 e. The van der Waals surface area contributed by atoms with E-state index in [1.807, 2.05) is 37.3 Å². The lowest BCUT2D eigenvalue weighted by Crippen LogP contribution is -2.13. The van der Waals surface area contributed by atoms with E-state index in [1.54, 1.807) is 0 Å². The Balaban J connectivity index is 0.00000176. The average molecular weight is 322 g/mol. The summed E-state index contributed by atoms with van der Waals surface area (Å²) in [5.41, 5.74) is 2.34. The maximum Gasteiger partial charge on any atom is 0.231 e. The number of halogens is 1. The van der Waals surface area contributed by atoms with Crippen LogP contribution in [-0.2, 0) is 13.1 Å². The van der Waals surface area contributed by atoms with Crippen molar-refractivity contribution in [2.45, 2.75) is 20.0 Å². The molecule has 0 saturated carbocycles. The van der Waals surface area contributed by atoms with Crippen molar-refractivity contribution in [2.75, 3.05) is 13.4 Å². The van der Waals surface area contributed by atoms with E-state index in [0.29, 0.717) is 13.4 Å². The Hall–Kier alpha value is -1.91. The van der Waals surface area contributed by atoms with E-state index in [9.17, 15) is 0 Å². The van der Waals surface area contributed by atoms with Crippen molar-refractivity contribution in [1.82, 2.24) is 5.32 Å². The van der Waals surface area contributed by atoms with Crippen LogP contribution in [-0.4, -0.2) is 13.4 Å². The first kappa shape index (κ1) is 16.5. The summed E-state index contributed by atoms with van der Waals surface area (Å²) in [7, 11) is 0. The van der Waals surface area contributed by atoms with Crippen molar-refractivity contribution in [2.24, 2.45) is 0 Å². The molecule has 0 atom stereocenters. The molecule has 0 aromatic heterocycles. The van der Waals surface area contributed by atoms with Crippen molar-refractivity contribution in [1.29, 1.82) is 0 Å². The Labute approximate surface area is 136 Å². The van der Waals surface area contributed by atoms with Gasteiger partial charge in [-0.15, -0.1) is 12.4 Å². The first-order chi connectivity index (χ1) is 10.4. The third-order valence-corrected chi connectivity index (χ3v) is 3.35. The Morgan fingerprint density at radius 2 is 1.86 bits per heavy atom. The number of hydrogen-bond donors (Lipinski definition) is 1. The number of rotatable bonds is 6. The molecule has 3 rings (SSSR count). The number of fused-ring (bicyclic) bond motifs is 1. The monoisotopic (exact) mass is 321 g/mol. The minimum Gasteiger partial charge on any atom is -0.494 e. The Morgan fingerprint density at radius 1 is 1.05 bits per heavy atom. The van der Waals surface area contributed by atoms with Gasteiger partial charge in [0, 0.05) is 18.7 Å². The van der Waals surface area contributed by atoms with Crippen LogP contribution in [0.2, 0.25) is 0 Å². The fourth-order valence-electron chi connectivity index (χ4n) is 2.34. The number of nitrogens with one attached hydrogen (secondary N) is 1. The molecule has 1 aliphatic rings. The van der Waals surface area contributed by atoms with Crippen LogP contribution in [0.15, 0.2) is 42.5 Å². The van der Waals surface area contributed by atoms with E-state index in [-0.39, 0.29) is 12.4 Å². The van der Waals surface area contributed by atoms with Crippen LogP contribution in [0.25, 0.3) is 0 Å². The van der Waals surface area contributed by atoms with Crippen molar-refractivity contribution in [3.63, 3.8) is 0 Å². The maximum absolute atomic E-state index is 5.62. The molecule has 0 bridgehead atoms. The van der Waals surface area contributed by atoms with Crippen LogP contribution in [0.5, 0.6) is 17.2 Å². The third-order valence-electron chi connectivity index (χ3n) is 3.35. The summed E-state index contributed by atoms with van der Waals surface area (Å²) in [4.78, 5) is 0. The Bertz CT molecular complexity index is 619.